The molecule has 0 aliphatic carbocycles. The fourth-order valence-electron chi connectivity index (χ4n) is 3.41. The predicted molar refractivity (Wildman–Crippen MR) is 98.8 cm³/mol. The number of carbonyl (C=O) groups excluding carboxylic acids is 1. The van der Waals surface area contributed by atoms with Crippen LogP contribution < -0.4 is 16.0 Å². The number of carboxylic acid groups (broad SMARTS) is 1. The lowest BCUT2D eigenvalue weighted by molar-refractivity contribution is -0.119. The van der Waals surface area contributed by atoms with Crippen molar-refractivity contribution in [1.29, 1.82) is 0 Å². The zero-order chi connectivity index (χ0) is 19.8. The van der Waals surface area contributed by atoms with E-state index in [1.54, 1.807) is 24.3 Å². The van der Waals surface area contributed by atoms with E-state index in [9.17, 15) is 19.8 Å². The Morgan fingerprint density at radius 2 is 2.07 bits per heavy atom. The van der Waals surface area contributed by atoms with Crippen molar-refractivity contribution in [1.82, 2.24) is 4.98 Å². The molecule has 5 N–H and O–H groups in total. The molecule has 0 saturated heterocycles. The van der Waals surface area contributed by atoms with Gasteiger partial charge in [0.25, 0.3) is 0 Å². The van der Waals surface area contributed by atoms with Gasteiger partial charge in [0.1, 0.15) is 17.6 Å². The lowest BCUT2D eigenvalue weighted by Gasteiger charge is -2.32. The number of aromatic carboxylic acids is 1. The van der Waals surface area contributed by atoms with Gasteiger partial charge in [0.05, 0.1) is 17.5 Å². The first-order valence-electron chi connectivity index (χ1n) is 8.36. The van der Waals surface area contributed by atoms with Crippen molar-refractivity contribution in [3.63, 3.8) is 0 Å². The first-order valence-corrected chi connectivity index (χ1v) is 8.36. The van der Waals surface area contributed by atoms with Gasteiger partial charge in [0.15, 0.2) is 12.0 Å². The van der Waals surface area contributed by atoms with Crippen molar-refractivity contribution in [3.8, 4) is 5.75 Å². The van der Waals surface area contributed by atoms with E-state index in [2.05, 4.69) is 10.3 Å². The number of aromatic nitrogens is 1. The van der Waals surface area contributed by atoms with Crippen LogP contribution in [0.1, 0.15) is 33.9 Å². The lowest BCUT2D eigenvalue weighted by Crippen LogP contribution is -2.40. The van der Waals surface area contributed by atoms with Crippen LogP contribution in [0.3, 0.4) is 0 Å². The number of nitrogens with one attached hydrogen (secondary N) is 1. The van der Waals surface area contributed by atoms with Gasteiger partial charge in [-0.15, -0.1) is 0 Å². The van der Waals surface area contributed by atoms with Crippen LogP contribution in [0.25, 0.3) is 0 Å². The number of rotatable bonds is 5. The molecule has 3 aromatic rings. The number of benzene rings is 1. The molecule has 4 rings (SSSR count). The second-order valence-electron chi connectivity index (χ2n) is 6.23. The molecule has 2 atom stereocenters. The van der Waals surface area contributed by atoms with Crippen LogP contribution in [0.5, 0.6) is 5.75 Å². The van der Waals surface area contributed by atoms with E-state index in [-0.39, 0.29) is 22.8 Å². The SMILES string of the molecule is NC(=O)C(c1cccc(O)c1)N1c2c(C(=O)O)ccnc2NC1c1ccco1. The third kappa shape index (κ3) is 2.78. The maximum absolute atomic E-state index is 12.5. The Bertz CT molecular complexity index is 1050. The maximum atomic E-state index is 12.5. The molecule has 0 saturated carbocycles. The van der Waals surface area contributed by atoms with Gasteiger partial charge in [0, 0.05) is 6.20 Å². The van der Waals surface area contributed by atoms with Crippen LogP contribution >= 0.6 is 0 Å². The van der Waals surface area contributed by atoms with Gasteiger partial charge in [0.2, 0.25) is 5.91 Å². The van der Waals surface area contributed by atoms with Crippen molar-refractivity contribution in [2.24, 2.45) is 5.73 Å². The monoisotopic (exact) mass is 380 g/mol. The Hall–Kier alpha value is -4.01. The summed E-state index contributed by atoms with van der Waals surface area (Å²) in [5.41, 5.74) is 6.28. The number of anilines is 2. The normalized spacial score (nSPS) is 16.3. The number of furan rings is 1. The van der Waals surface area contributed by atoms with Crippen molar-refractivity contribution in [2.45, 2.75) is 12.2 Å². The number of carboxylic acids is 1. The highest BCUT2D eigenvalue weighted by Crippen LogP contribution is 2.47. The molecule has 28 heavy (non-hydrogen) atoms. The molecule has 2 unspecified atom stereocenters. The summed E-state index contributed by atoms with van der Waals surface area (Å²) in [6.45, 7) is 0. The molecule has 0 spiro atoms. The minimum atomic E-state index is -1.18. The topological polar surface area (TPSA) is 142 Å². The summed E-state index contributed by atoms with van der Waals surface area (Å²) in [4.78, 5) is 30.0. The molecular formula is C19H16N4O5. The van der Waals surface area contributed by atoms with E-state index in [1.165, 1.54) is 35.6 Å². The van der Waals surface area contributed by atoms with Gasteiger partial charge in [-0.3, -0.25) is 4.79 Å². The van der Waals surface area contributed by atoms with E-state index >= 15 is 0 Å². The molecule has 1 aliphatic heterocycles. The number of carbonyl (C=O) groups is 2. The average Bonchev–Trinajstić information content (AvgIpc) is 3.29. The van der Waals surface area contributed by atoms with Gasteiger partial charge >= 0.3 is 5.97 Å². The first-order chi connectivity index (χ1) is 13.5. The fraction of sp³-hybridized carbons (Fsp3) is 0.105. The summed E-state index contributed by atoms with van der Waals surface area (Å²) in [5.74, 6) is -1.22. The van der Waals surface area contributed by atoms with Crippen LogP contribution in [-0.4, -0.2) is 27.1 Å². The number of hydrogen-bond acceptors (Lipinski definition) is 7. The molecule has 0 fully saturated rings. The van der Waals surface area contributed by atoms with E-state index in [0.29, 0.717) is 11.3 Å². The fourth-order valence-corrected chi connectivity index (χ4v) is 3.41. The van der Waals surface area contributed by atoms with Gasteiger partial charge in [-0.25, -0.2) is 9.78 Å². The largest absolute Gasteiger partial charge is 0.508 e. The lowest BCUT2D eigenvalue weighted by atomic mass is 10.0. The van der Waals surface area contributed by atoms with E-state index < -0.39 is 24.1 Å². The number of hydrogen-bond donors (Lipinski definition) is 4. The van der Waals surface area contributed by atoms with Gasteiger partial charge in [-0.1, -0.05) is 12.1 Å². The number of fused-ring (bicyclic) bond motifs is 1. The molecule has 2 aromatic heterocycles. The molecular weight excluding hydrogens is 364 g/mol. The Labute approximate surface area is 159 Å². The molecule has 0 radical (unpaired) electrons. The van der Waals surface area contributed by atoms with Crippen molar-refractivity contribution in [3.05, 3.63) is 71.8 Å². The quantitative estimate of drug-likeness (QED) is 0.528. The summed E-state index contributed by atoms with van der Waals surface area (Å²) in [6.07, 6.45) is 2.11. The second kappa shape index (κ2) is 6.62. The van der Waals surface area contributed by atoms with Crippen molar-refractivity contribution in [2.75, 3.05) is 10.2 Å². The van der Waals surface area contributed by atoms with Crippen LogP contribution in [0, 0.1) is 0 Å². The summed E-state index contributed by atoms with van der Waals surface area (Å²) < 4.78 is 5.49. The highest BCUT2D eigenvalue weighted by molar-refractivity contribution is 6.00. The van der Waals surface area contributed by atoms with Crippen molar-refractivity contribution >= 4 is 23.4 Å². The zero-order valence-electron chi connectivity index (χ0n) is 14.4. The van der Waals surface area contributed by atoms with Crippen molar-refractivity contribution < 1.29 is 24.2 Å². The van der Waals surface area contributed by atoms with Gasteiger partial charge < -0.3 is 30.6 Å². The summed E-state index contributed by atoms with van der Waals surface area (Å²) >= 11 is 0. The van der Waals surface area contributed by atoms with Crippen LogP contribution in [0.2, 0.25) is 0 Å². The third-order valence-corrected chi connectivity index (χ3v) is 4.51. The zero-order valence-corrected chi connectivity index (χ0v) is 14.4. The van der Waals surface area contributed by atoms with Gasteiger partial charge in [-0.05, 0) is 35.9 Å². The standard InChI is InChI=1S/C19H16N4O5/c20-16(25)14(10-3-1-4-11(24)9-10)23-15-12(19(26)27)6-7-21-17(15)22-18(23)13-5-2-8-28-13/h1-9,14,18,24H,(H2,20,25)(H,21,22)(H,26,27). The van der Waals surface area contributed by atoms with Crippen LogP contribution in [-0.2, 0) is 4.79 Å². The Balaban J connectivity index is 1.94. The number of pyridine rings is 1. The molecule has 1 aromatic carbocycles. The number of nitrogens with two attached hydrogens (primary N) is 1. The van der Waals surface area contributed by atoms with Crippen LogP contribution in [0.4, 0.5) is 11.5 Å². The molecule has 1 amide bonds. The predicted octanol–water partition coefficient (Wildman–Crippen LogP) is 2.24. The minimum Gasteiger partial charge on any atom is -0.508 e. The number of phenolic OH excluding ortho intramolecular Hbond substituents is 1. The highest BCUT2D eigenvalue weighted by Gasteiger charge is 2.42. The second-order valence-corrected chi connectivity index (χ2v) is 6.23. The maximum Gasteiger partial charge on any atom is 0.338 e. The molecule has 9 heteroatoms. The summed E-state index contributed by atoms with van der Waals surface area (Å²) in [5, 5.41) is 22.6. The Morgan fingerprint density at radius 1 is 1.25 bits per heavy atom. The number of phenols is 1. The third-order valence-electron chi connectivity index (χ3n) is 4.51. The van der Waals surface area contributed by atoms with E-state index in [4.69, 9.17) is 10.2 Å². The molecule has 3 heterocycles. The molecule has 9 nitrogen and oxygen atoms in total. The Morgan fingerprint density at radius 3 is 2.71 bits per heavy atom. The average molecular weight is 380 g/mol. The molecule has 0 bridgehead atoms. The molecule has 142 valence electrons. The first kappa shape index (κ1) is 17.4. The minimum absolute atomic E-state index is 0.0436. The number of nitrogens with zero attached hydrogens (tertiary/aromatic N) is 2. The van der Waals surface area contributed by atoms with E-state index in [0.717, 1.165) is 0 Å². The smallest absolute Gasteiger partial charge is 0.338 e. The molecule has 1 aliphatic rings. The van der Waals surface area contributed by atoms with E-state index in [1.807, 2.05) is 0 Å². The van der Waals surface area contributed by atoms with Gasteiger partial charge in [-0.2, -0.15) is 0 Å². The number of amides is 1. The summed E-state index contributed by atoms with van der Waals surface area (Å²) in [7, 11) is 0. The summed E-state index contributed by atoms with van der Waals surface area (Å²) in [6, 6.07) is 9.71. The highest BCUT2D eigenvalue weighted by atomic mass is 16.4. The number of primary amides is 1. The number of aromatic hydroxyl groups is 1. The Kier molecular flexibility index (Phi) is 4.11. The van der Waals surface area contributed by atoms with Crippen LogP contribution in [0.15, 0.2) is 59.3 Å².